The van der Waals surface area contributed by atoms with E-state index in [1.807, 2.05) is 41.3 Å². The maximum atomic E-state index is 13.7. The van der Waals surface area contributed by atoms with Gasteiger partial charge in [0, 0.05) is 12.5 Å². The molecule has 1 saturated heterocycles. The highest BCUT2D eigenvalue weighted by Crippen LogP contribution is 2.51. The summed E-state index contributed by atoms with van der Waals surface area (Å²) in [5.74, 6) is 1.90. The van der Waals surface area contributed by atoms with Crippen LogP contribution >= 0.6 is 0 Å². The molecular weight excluding hydrogens is 382 g/mol. The number of aliphatic hydroxyl groups is 1. The topological polar surface area (TPSA) is 68.2 Å². The first-order chi connectivity index (χ1) is 14.6. The van der Waals surface area contributed by atoms with E-state index in [0.29, 0.717) is 30.0 Å². The van der Waals surface area contributed by atoms with E-state index in [1.165, 1.54) is 0 Å². The van der Waals surface area contributed by atoms with Gasteiger partial charge < -0.3 is 24.2 Å². The molecule has 0 unspecified atom stereocenters. The van der Waals surface area contributed by atoms with Gasteiger partial charge in [-0.1, -0.05) is 31.0 Å². The van der Waals surface area contributed by atoms with E-state index in [-0.39, 0.29) is 24.7 Å². The number of para-hydroxylation sites is 1. The number of carbonyl (C=O) groups is 1. The van der Waals surface area contributed by atoms with Gasteiger partial charge in [-0.3, -0.25) is 4.79 Å². The molecule has 2 heterocycles. The van der Waals surface area contributed by atoms with Crippen molar-refractivity contribution in [2.75, 3.05) is 20.4 Å². The molecule has 3 atom stereocenters. The number of carbonyl (C=O) groups excluding carboxylic acids is 1. The van der Waals surface area contributed by atoms with Crippen LogP contribution in [0.15, 0.2) is 42.5 Å². The van der Waals surface area contributed by atoms with Crippen LogP contribution in [0.5, 0.6) is 17.2 Å². The predicted octanol–water partition coefficient (Wildman–Crippen LogP) is 3.93. The van der Waals surface area contributed by atoms with Crippen LogP contribution in [0.2, 0.25) is 0 Å². The third-order valence-corrected chi connectivity index (χ3v) is 6.90. The Bertz CT molecular complexity index is 960. The van der Waals surface area contributed by atoms with Gasteiger partial charge in [0.1, 0.15) is 5.75 Å². The molecule has 0 aromatic heterocycles. The van der Waals surface area contributed by atoms with Crippen LogP contribution in [0.3, 0.4) is 0 Å². The van der Waals surface area contributed by atoms with Gasteiger partial charge in [0.2, 0.25) is 6.79 Å². The minimum Gasteiger partial charge on any atom is -0.496 e. The molecule has 3 aliphatic rings. The van der Waals surface area contributed by atoms with Gasteiger partial charge in [-0.05, 0) is 49.1 Å². The fourth-order valence-electron chi connectivity index (χ4n) is 5.40. The molecule has 1 amide bonds. The predicted molar refractivity (Wildman–Crippen MR) is 111 cm³/mol. The number of ether oxygens (including phenoxy) is 3. The van der Waals surface area contributed by atoms with Crippen LogP contribution in [0.25, 0.3) is 0 Å². The Morgan fingerprint density at radius 1 is 1.13 bits per heavy atom. The summed E-state index contributed by atoms with van der Waals surface area (Å²) in [7, 11) is 1.58. The second-order valence-electron chi connectivity index (χ2n) is 8.46. The van der Waals surface area contributed by atoms with E-state index >= 15 is 0 Å². The smallest absolute Gasteiger partial charge is 0.258 e. The largest absolute Gasteiger partial charge is 0.496 e. The Hall–Kier alpha value is -2.73. The molecule has 0 radical (unpaired) electrons. The van der Waals surface area contributed by atoms with Crippen molar-refractivity contribution in [3.05, 3.63) is 53.6 Å². The maximum Gasteiger partial charge on any atom is 0.258 e. The summed E-state index contributed by atoms with van der Waals surface area (Å²) >= 11 is 0. The average Bonchev–Trinajstić information content (AvgIpc) is 3.25. The number of hydrogen-bond donors (Lipinski definition) is 1. The van der Waals surface area contributed by atoms with Gasteiger partial charge in [0.15, 0.2) is 11.5 Å². The van der Waals surface area contributed by atoms with E-state index < -0.39 is 5.60 Å². The number of hydrogen-bond acceptors (Lipinski definition) is 5. The first-order valence-corrected chi connectivity index (χ1v) is 10.7. The Morgan fingerprint density at radius 3 is 2.83 bits per heavy atom. The van der Waals surface area contributed by atoms with Crippen LogP contribution in [0.4, 0.5) is 0 Å². The quantitative estimate of drug-likeness (QED) is 0.832. The van der Waals surface area contributed by atoms with Gasteiger partial charge >= 0.3 is 0 Å². The summed E-state index contributed by atoms with van der Waals surface area (Å²) in [5.41, 5.74) is 0.788. The lowest BCUT2D eigenvalue weighted by Gasteiger charge is -2.52. The minimum absolute atomic E-state index is 0.0148. The average molecular weight is 409 g/mol. The van der Waals surface area contributed by atoms with E-state index in [4.69, 9.17) is 14.2 Å². The summed E-state index contributed by atoms with van der Waals surface area (Å²) in [6.45, 7) is 0.712. The Kier molecular flexibility index (Phi) is 4.82. The third kappa shape index (κ3) is 3.10. The lowest BCUT2D eigenvalue weighted by Crippen LogP contribution is -2.56. The SMILES string of the molecule is COc1ccccc1C(=O)N1CC[C@@]2(O)CCCC[C@H]2[C@@H]1c1ccc2c(c1)OCO2. The highest BCUT2D eigenvalue weighted by molar-refractivity contribution is 5.97. The zero-order valence-electron chi connectivity index (χ0n) is 17.2. The molecule has 2 aliphatic heterocycles. The van der Waals surface area contributed by atoms with Gasteiger partial charge in [-0.2, -0.15) is 0 Å². The summed E-state index contributed by atoms with van der Waals surface area (Å²) in [4.78, 5) is 15.6. The Labute approximate surface area is 176 Å². The van der Waals surface area contributed by atoms with Crippen molar-refractivity contribution in [1.29, 1.82) is 0 Å². The molecule has 1 saturated carbocycles. The molecular formula is C24H27NO5. The van der Waals surface area contributed by atoms with Crippen LogP contribution < -0.4 is 14.2 Å². The maximum absolute atomic E-state index is 13.7. The molecule has 5 rings (SSSR count). The standard InChI is InChI=1S/C24H27NO5/c1-28-19-8-3-2-6-17(19)23(26)25-13-12-24(27)11-5-4-7-18(24)22(25)16-9-10-20-21(14-16)30-15-29-20/h2-3,6,8-10,14,18,22,27H,4-5,7,11-13,15H2,1H3/t18-,22-,24-/m0/s1. The monoisotopic (exact) mass is 409 g/mol. The summed E-state index contributed by atoms with van der Waals surface area (Å²) < 4.78 is 16.5. The summed E-state index contributed by atoms with van der Waals surface area (Å²) in [6.07, 6.45) is 4.37. The molecule has 158 valence electrons. The molecule has 2 aromatic rings. The molecule has 6 nitrogen and oxygen atoms in total. The molecule has 2 aromatic carbocycles. The van der Waals surface area contributed by atoms with Gasteiger partial charge in [0.25, 0.3) is 5.91 Å². The molecule has 0 spiro atoms. The number of piperidine rings is 1. The van der Waals surface area contributed by atoms with Crippen molar-refractivity contribution in [3.63, 3.8) is 0 Å². The normalized spacial score (nSPS) is 27.5. The van der Waals surface area contributed by atoms with Crippen molar-refractivity contribution in [1.82, 2.24) is 4.90 Å². The molecule has 30 heavy (non-hydrogen) atoms. The Morgan fingerprint density at radius 2 is 1.97 bits per heavy atom. The van der Waals surface area contributed by atoms with Gasteiger partial charge in [-0.15, -0.1) is 0 Å². The number of nitrogens with zero attached hydrogens (tertiary/aromatic N) is 1. The Balaban J connectivity index is 1.57. The van der Waals surface area contributed by atoms with Crippen molar-refractivity contribution in [2.24, 2.45) is 5.92 Å². The van der Waals surface area contributed by atoms with E-state index in [2.05, 4.69) is 0 Å². The van der Waals surface area contributed by atoms with Gasteiger partial charge in [0.05, 0.1) is 24.3 Å². The summed E-state index contributed by atoms with van der Waals surface area (Å²) in [5, 5.41) is 11.5. The first-order valence-electron chi connectivity index (χ1n) is 10.7. The summed E-state index contributed by atoms with van der Waals surface area (Å²) in [6, 6.07) is 13.0. The number of methoxy groups -OCH3 is 1. The van der Waals surface area contributed by atoms with E-state index in [1.54, 1.807) is 13.2 Å². The second-order valence-corrected chi connectivity index (χ2v) is 8.46. The zero-order valence-corrected chi connectivity index (χ0v) is 17.2. The minimum atomic E-state index is -0.739. The molecule has 0 bridgehead atoms. The van der Waals surface area contributed by atoms with Crippen LogP contribution in [-0.4, -0.2) is 42.0 Å². The third-order valence-electron chi connectivity index (χ3n) is 6.90. The van der Waals surface area contributed by atoms with Crippen molar-refractivity contribution in [2.45, 2.75) is 43.7 Å². The fourth-order valence-corrected chi connectivity index (χ4v) is 5.40. The van der Waals surface area contributed by atoms with Gasteiger partial charge in [-0.25, -0.2) is 0 Å². The number of amides is 1. The van der Waals surface area contributed by atoms with E-state index in [9.17, 15) is 9.90 Å². The fraction of sp³-hybridized carbons (Fsp3) is 0.458. The number of likely N-dealkylation sites (tertiary alicyclic amines) is 1. The number of rotatable bonds is 3. The molecule has 2 fully saturated rings. The van der Waals surface area contributed by atoms with Crippen molar-refractivity contribution < 1.29 is 24.1 Å². The van der Waals surface area contributed by atoms with Crippen molar-refractivity contribution >= 4 is 5.91 Å². The zero-order chi connectivity index (χ0) is 20.7. The highest BCUT2D eigenvalue weighted by Gasteiger charge is 2.50. The highest BCUT2D eigenvalue weighted by atomic mass is 16.7. The number of fused-ring (bicyclic) bond motifs is 2. The van der Waals surface area contributed by atoms with Crippen LogP contribution in [0.1, 0.15) is 54.1 Å². The lowest BCUT2D eigenvalue weighted by atomic mass is 9.66. The van der Waals surface area contributed by atoms with Crippen LogP contribution in [0, 0.1) is 5.92 Å². The van der Waals surface area contributed by atoms with E-state index in [0.717, 1.165) is 37.0 Å². The molecule has 6 heteroatoms. The first kappa shape index (κ1) is 19.2. The molecule has 1 N–H and O–H groups in total. The van der Waals surface area contributed by atoms with Crippen LogP contribution in [-0.2, 0) is 0 Å². The van der Waals surface area contributed by atoms with Crippen molar-refractivity contribution in [3.8, 4) is 17.2 Å². The second kappa shape index (κ2) is 7.51. The lowest BCUT2D eigenvalue weighted by molar-refractivity contribution is -0.115. The molecule has 1 aliphatic carbocycles. The number of benzene rings is 2.